The van der Waals surface area contributed by atoms with Crippen LogP contribution in [-0.2, 0) is 6.54 Å². The summed E-state index contributed by atoms with van der Waals surface area (Å²) in [5, 5.41) is 6.05. The highest BCUT2D eigenvalue weighted by molar-refractivity contribution is 7.99. The van der Waals surface area contributed by atoms with Gasteiger partial charge in [0.2, 0.25) is 5.91 Å². The number of carbonyl (C=O) groups excluding carboxylic acids is 1. The van der Waals surface area contributed by atoms with E-state index in [1.165, 1.54) is 29.9 Å². The number of rotatable bonds is 5. The lowest BCUT2D eigenvalue weighted by Crippen LogP contribution is -2.26. The molecule has 0 bridgehead atoms. The normalized spacial score (nSPS) is 20.4. The van der Waals surface area contributed by atoms with Crippen LogP contribution in [0.4, 0.5) is 0 Å². The molecule has 1 unspecified atom stereocenters. The standard InChI is InChI=1S/C12H18N2OS2/c13-12(15)9-5-11(17-8-9)7-14-6-10-3-1-2-4-16-10/h5,8,10,14H,1-4,6-7H2,(H2,13,15). The number of amides is 1. The molecule has 1 fully saturated rings. The molecule has 3 N–H and O–H groups in total. The summed E-state index contributed by atoms with van der Waals surface area (Å²) in [4.78, 5) is 12.1. The molecule has 1 saturated heterocycles. The molecule has 1 aliphatic heterocycles. The first-order valence-electron chi connectivity index (χ1n) is 5.95. The van der Waals surface area contributed by atoms with Crippen molar-refractivity contribution in [3.05, 3.63) is 21.9 Å². The topological polar surface area (TPSA) is 55.1 Å². The summed E-state index contributed by atoms with van der Waals surface area (Å²) < 4.78 is 0. The summed E-state index contributed by atoms with van der Waals surface area (Å²) in [6.45, 7) is 1.91. The average Bonchev–Trinajstić information content (AvgIpc) is 2.79. The van der Waals surface area contributed by atoms with Crippen LogP contribution in [0.3, 0.4) is 0 Å². The zero-order valence-corrected chi connectivity index (χ0v) is 11.4. The highest BCUT2D eigenvalue weighted by Gasteiger charge is 2.13. The Hall–Kier alpha value is -0.520. The van der Waals surface area contributed by atoms with Gasteiger partial charge in [0.1, 0.15) is 0 Å². The van der Waals surface area contributed by atoms with Crippen LogP contribution in [0.2, 0.25) is 0 Å². The zero-order chi connectivity index (χ0) is 12.1. The van der Waals surface area contributed by atoms with E-state index in [2.05, 4.69) is 17.1 Å². The Balaban J connectivity index is 1.71. The molecule has 94 valence electrons. The molecule has 1 aromatic rings. The van der Waals surface area contributed by atoms with Gasteiger partial charge in [0, 0.05) is 28.6 Å². The second kappa shape index (κ2) is 6.42. The van der Waals surface area contributed by atoms with Crippen molar-refractivity contribution in [1.29, 1.82) is 0 Å². The van der Waals surface area contributed by atoms with Crippen LogP contribution in [0.25, 0.3) is 0 Å². The molecule has 3 nitrogen and oxygen atoms in total. The van der Waals surface area contributed by atoms with Crippen LogP contribution in [0.15, 0.2) is 11.4 Å². The Bertz CT molecular complexity index is 372. The van der Waals surface area contributed by atoms with Gasteiger partial charge in [-0.3, -0.25) is 4.79 Å². The predicted octanol–water partition coefficient (Wildman–Crippen LogP) is 2.22. The molecule has 5 heteroatoms. The Kier molecular flexibility index (Phi) is 4.88. The van der Waals surface area contributed by atoms with Crippen molar-refractivity contribution in [2.24, 2.45) is 5.73 Å². The molecule has 0 aliphatic carbocycles. The van der Waals surface area contributed by atoms with Crippen LogP contribution in [0, 0.1) is 0 Å². The van der Waals surface area contributed by atoms with Gasteiger partial charge in [0.15, 0.2) is 0 Å². The van der Waals surface area contributed by atoms with E-state index >= 15 is 0 Å². The summed E-state index contributed by atoms with van der Waals surface area (Å²) in [6.07, 6.45) is 4.06. The van der Waals surface area contributed by atoms with Gasteiger partial charge >= 0.3 is 0 Å². The first kappa shape index (κ1) is 12.9. The second-order valence-corrected chi connectivity index (χ2v) is 6.69. The van der Waals surface area contributed by atoms with Crippen molar-refractivity contribution in [1.82, 2.24) is 5.32 Å². The average molecular weight is 270 g/mol. The van der Waals surface area contributed by atoms with Gasteiger partial charge in [-0.2, -0.15) is 11.8 Å². The number of nitrogens with one attached hydrogen (secondary N) is 1. The molecule has 0 radical (unpaired) electrons. The molecular formula is C12H18N2OS2. The Morgan fingerprint density at radius 2 is 2.41 bits per heavy atom. The van der Waals surface area contributed by atoms with Gasteiger partial charge in [0.05, 0.1) is 5.56 Å². The van der Waals surface area contributed by atoms with Crippen molar-refractivity contribution in [2.45, 2.75) is 31.1 Å². The number of nitrogens with two attached hydrogens (primary N) is 1. The van der Waals surface area contributed by atoms with Crippen molar-refractivity contribution >= 4 is 29.0 Å². The van der Waals surface area contributed by atoms with Gasteiger partial charge < -0.3 is 11.1 Å². The van der Waals surface area contributed by atoms with Crippen LogP contribution < -0.4 is 11.1 Å². The molecule has 1 atom stereocenters. The van der Waals surface area contributed by atoms with Gasteiger partial charge in [-0.15, -0.1) is 11.3 Å². The molecule has 2 heterocycles. The fourth-order valence-corrected chi connectivity index (χ4v) is 4.04. The first-order chi connectivity index (χ1) is 8.25. The highest BCUT2D eigenvalue weighted by Crippen LogP contribution is 2.24. The van der Waals surface area contributed by atoms with Crippen LogP contribution in [0.5, 0.6) is 0 Å². The molecule has 0 saturated carbocycles. The molecule has 2 rings (SSSR count). The summed E-state index contributed by atoms with van der Waals surface area (Å²) in [5.41, 5.74) is 5.84. The lowest BCUT2D eigenvalue weighted by Gasteiger charge is -2.21. The van der Waals surface area contributed by atoms with Crippen molar-refractivity contribution < 1.29 is 4.79 Å². The maximum Gasteiger partial charge on any atom is 0.249 e. The van der Waals surface area contributed by atoms with Gasteiger partial charge in [-0.05, 0) is 24.7 Å². The third-order valence-electron chi connectivity index (χ3n) is 2.88. The highest BCUT2D eigenvalue weighted by atomic mass is 32.2. The molecule has 1 aromatic heterocycles. The van der Waals surface area contributed by atoms with Crippen molar-refractivity contribution in [2.75, 3.05) is 12.3 Å². The number of primary amides is 1. The minimum absolute atomic E-state index is 0.338. The number of hydrogen-bond donors (Lipinski definition) is 2. The van der Waals surface area contributed by atoms with Gasteiger partial charge in [-0.1, -0.05) is 6.42 Å². The Morgan fingerprint density at radius 1 is 1.53 bits per heavy atom. The number of thiophene rings is 1. The van der Waals surface area contributed by atoms with E-state index in [4.69, 9.17) is 5.73 Å². The monoisotopic (exact) mass is 270 g/mol. The minimum atomic E-state index is -0.338. The van der Waals surface area contributed by atoms with Crippen LogP contribution in [-0.4, -0.2) is 23.5 Å². The van der Waals surface area contributed by atoms with E-state index in [1.807, 2.05) is 11.4 Å². The van der Waals surface area contributed by atoms with E-state index in [0.717, 1.165) is 18.3 Å². The Labute approximate surface area is 110 Å². The smallest absolute Gasteiger partial charge is 0.249 e. The molecule has 0 spiro atoms. The summed E-state index contributed by atoms with van der Waals surface area (Å²) in [5.74, 6) is 0.965. The molecular weight excluding hydrogens is 252 g/mol. The van der Waals surface area contributed by atoms with Gasteiger partial charge in [-0.25, -0.2) is 0 Å². The largest absolute Gasteiger partial charge is 0.366 e. The van der Waals surface area contributed by atoms with E-state index < -0.39 is 0 Å². The third-order valence-corrected chi connectivity index (χ3v) is 5.22. The van der Waals surface area contributed by atoms with E-state index in [0.29, 0.717) is 5.56 Å². The summed E-state index contributed by atoms with van der Waals surface area (Å²) in [6, 6.07) is 1.88. The lowest BCUT2D eigenvalue weighted by atomic mass is 10.2. The quantitative estimate of drug-likeness (QED) is 0.862. The van der Waals surface area contributed by atoms with Gasteiger partial charge in [0.25, 0.3) is 0 Å². The lowest BCUT2D eigenvalue weighted by molar-refractivity contribution is 0.100. The zero-order valence-electron chi connectivity index (χ0n) is 9.78. The Morgan fingerprint density at radius 3 is 3.06 bits per heavy atom. The van der Waals surface area contributed by atoms with Crippen LogP contribution in [0.1, 0.15) is 34.5 Å². The predicted molar refractivity (Wildman–Crippen MR) is 74.6 cm³/mol. The number of hydrogen-bond acceptors (Lipinski definition) is 4. The maximum atomic E-state index is 10.9. The maximum absolute atomic E-state index is 10.9. The van der Waals surface area contributed by atoms with E-state index in [9.17, 15) is 4.79 Å². The van der Waals surface area contributed by atoms with E-state index in [-0.39, 0.29) is 5.91 Å². The molecule has 1 amide bonds. The number of thioether (sulfide) groups is 1. The van der Waals surface area contributed by atoms with Crippen molar-refractivity contribution in [3.63, 3.8) is 0 Å². The molecule has 0 aromatic carbocycles. The second-order valence-electron chi connectivity index (χ2n) is 4.29. The fraction of sp³-hybridized carbons (Fsp3) is 0.583. The van der Waals surface area contributed by atoms with Crippen LogP contribution >= 0.6 is 23.1 Å². The summed E-state index contributed by atoms with van der Waals surface area (Å²) in [7, 11) is 0. The number of carbonyl (C=O) groups is 1. The summed E-state index contributed by atoms with van der Waals surface area (Å²) >= 11 is 3.67. The molecule has 1 aliphatic rings. The fourth-order valence-electron chi connectivity index (χ4n) is 1.93. The van der Waals surface area contributed by atoms with Crippen molar-refractivity contribution in [3.8, 4) is 0 Å². The SMILES string of the molecule is NC(=O)c1csc(CNCC2CCCCS2)c1. The third kappa shape index (κ3) is 4.01. The first-order valence-corrected chi connectivity index (χ1v) is 7.88. The molecule has 17 heavy (non-hydrogen) atoms. The van der Waals surface area contributed by atoms with E-state index in [1.54, 1.807) is 11.3 Å². The minimum Gasteiger partial charge on any atom is -0.366 e.